The van der Waals surface area contributed by atoms with E-state index in [4.69, 9.17) is 11.6 Å². The number of nitrogens with zero attached hydrogens (tertiary/aromatic N) is 2. The summed E-state index contributed by atoms with van der Waals surface area (Å²) < 4.78 is 13.5. The van der Waals surface area contributed by atoms with Gasteiger partial charge in [-0.15, -0.1) is 0 Å². The summed E-state index contributed by atoms with van der Waals surface area (Å²) in [5.74, 6) is 0. The van der Waals surface area contributed by atoms with Crippen molar-refractivity contribution < 1.29 is 4.39 Å². The van der Waals surface area contributed by atoms with Crippen LogP contribution in [0.4, 0.5) is 4.39 Å². The summed E-state index contributed by atoms with van der Waals surface area (Å²) in [7, 11) is 0. The Morgan fingerprint density at radius 3 is 2.85 bits per heavy atom. The molecule has 1 aromatic carbocycles. The fourth-order valence-electron chi connectivity index (χ4n) is 1.07. The van der Waals surface area contributed by atoms with Crippen molar-refractivity contribution in [2.45, 2.75) is 0 Å². The van der Waals surface area contributed by atoms with Crippen LogP contribution in [0.5, 0.6) is 0 Å². The molecule has 0 saturated carbocycles. The van der Waals surface area contributed by atoms with Crippen molar-refractivity contribution in [3.8, 4) is 0 Å². The first-order chi connectivity index (χ1) is 6.18. The molecule has 2 rings (SSSR count). The van der Waals surface area contributed by atoms with E-state index in [0.29, 0.717) is 10.9 Å². The molecule has 0 amide bonds. The van der Waals surface area contributed by atoms with Gasteiger partial charge in [-0.2, -0.15) is 9.37 Å². The zero-order valence-corrected chi connectivity index (χ0v) is 8.60. The van der Waals surface area contributed by atoms with E-state index >= 15 is 0 Å². The molecule has 0 aliphatic heterocycles. The molecular weight excluding hydrogens is 258 g/mol. The van der Waals surface area contributed by atoms with Gasteiger partial charge in [-0.1, -0.05) is 17.7 Å². The SMILES string of the molecule is Fc1nc(Cl)c2c(Br)cccc2n1. The zero-order chi connectivity index (χ0) is 9.42. The fraction of sp³-hybridized carbons (Fsp3) is 0. The summed E-state index contributed by atoms with van der Waals surface area (Å²) in [5.41, 5.74) is 0.492. The largest absolute Gasteiger partial charge is 0.310 e. The standard InChI is InChI=1S/C8H3BrClFN2/c9-4-2-1-3-5-6(4)7(10)13-8(11)12-5/h1-3H. The van der Waals surface area contributed by atoms with Crippen LogP contribution >= 0.6 is 27.5 Å². The molecular formula is C8H3BrClFN2. The fourth-order valence-corrected chi connectivity index (χ4v) is 2.00. The quantitative estimate of drug-likeness (QED) is 0.538. The van der Waals surface area contributed by atoms with Crippen molar-refractivity contribution in [3.05, 3.63) is 33.9 Å². The molecule has 1 aromatic heterocycles. The van der Waals surface area contributed by atoms with Gasteiger partial charge in [0.25, 0.3) is 0 Å². The molecule has 0 fully saturated rings. The van der Waals surface area contributed by atoms with Crippen molar-refractivity contribution in [2.24, 2.45) is 0 Å². The van der Waals surface area contributed by atoms with Crippen LogP contribution < -0.4 is 0 Å². The second kappa shape index (κ2) is 3.20. The van der Waals surface area contributed by atoms with Crippen LogP contribution in [0.25, 0.3) is 10.9 Å². The van der Waals surface area contributed by atoms with Crippen molar-refractivity contribution >= 4 is 38.4 Å². The predicted molar refractivity (Wildman–Crippen MR) is 52.2 cm³/mol. The van der Waals surface area contributed by atoms with E-state index in [-0.39, 0.29) is 5.15 Å². The Labute approximate surface area is 86.9 Å². The highest BCUT2D eigenvalue weighted by molar-refractivity contribution is 9.10. The molecule has 2 aromatic rings. The van der Waals surface area contributed by atoms with Crippen LogP contribution in [0.3, 0.4) is 0 Å². The summed E-state index contributed by atoms with van der Waals surface area (Å²) in [6.07, 6.45) is -0.810. The molecule has 0 radical (unpaired) electrons. The lowest BCUT2D eigenvalue weighted by atomic mass is 10.2. The lowest BCUT2D eigenvalue weighted by molar-refractivity contribution is 0.545. The van der Waals surface area contributed by atoms with Crippen LogP contribution in [0.15, 0.2) is 22.7 Å². The minimum absolute atomic E-state index is 0.120. The Hall–Kier alpha value is -0.740. The van der Waals surface area contributed by atoms with Crippen LogP contribution in [-0.4, -0.2) is 9.97 Å². The van der Waals surface area contributed by atoms with Gasteiger partial charge >= 0.3 is 6.08 Å². The predicted octanol–water partition coefficient (Wildman–Crippen LogP) is 3.18. The minimum Gasteiger partial charge on any atom is -0.202 e. The van der Waals surface area contributed by atoms with E-state index in [1.54, 1.807) is 18.2 Å². The first kappa shape index (κ1) is 8.84. The van der Waals surface area contributed by atoms with Crippen LogP contribution in [-0.2, 0) is 0 Å². The molecule has 66 valence electrons. The Kier molecular flexibility index (Phi) is 2.17. The van der Waals surface area contributed by atoms with Gasteiger partial charge in [0.1, 0.15) is 5.15 Å². The molecule has 0 spiro atoms. The molecule has 1 heterocycles. The molecule has 13 heavy (non-hydrogen) atoms. The maximum Gasteiger partial charge on any atom is 0.310 e. The molecule has 0 atom stereocenters. The van der Waals surface area contributed by atoms with Crippen LogP contribution in [0.1, 0.15) is 0 Å². The van der Waals surface area contributed by atoms with Crippen molar-refractivity contribution in [2.75, 3.05) is 0 Å². The lowest BCUT2D eigenvalue weighted by Crippen LogP contribution is -1.91. The van der Waals surface area contributed by atoms with Gasteiger partial charge in [-0.25, -0.2) is 4.98 Å². The number of rotatable bonds is 0. The summed E-state index contributed by atoms with van der Waals surface area (Å²) in [5, 5.41) is 0.751. The maximum atomic E-state index is 12.7. The van der Waals surface area contributed by atoms with E-state index in [0.717, 1.165) is 4.47 Å². The second-order valence-electron chi connectivity index (χ2n) is 2.42. The highest BCUT2D eigenvalue weighted by atomic mass is 79.9. The van der Waals surface area contributed by atoms with Gasteiger partial charge in [-0.05, 0) is 28.1 Å². The van der Waals surface area contributed by atoms with Crippen molar-refractivity contribution in [1.82, 2.24) is 9.97 Å². The molecule has 0 aliphatic rings. The Morgan fingerprint density at radius 1 is 1.31 bits per heavy atom. The summed E-state index contributed by atoms with van der Waals surface area (Å²) in [4.78, 5) is 7.03. The highest BCUT2D eigenvalue weighted by Gasteiger charge is 2.07. The average molecular weight is 261 g/mol. The average Bonchev–Trinajstić information content (AvgIpc) is 2.02. The van der Waals surface area contributed by atoms with Crippen LogP contribution in [0.2, 0.25) is 5.15 Å². The molecule has 2 nitrogen and oxygen atoms in total. The van der Waals surface area contributed by atoms with Gasteiger partial charge < -0.3 is 0 Å². The third kappa shape index (κ3) is 1.51. The Balaban J connectivity index is 2.94. The molecule has 0 saturated heterocycles. The zero-order valence-electron chi connectivity index (χ0n) is 6.26. The van der Waals surface area contributed by atoms with Crippen LogP contribution in [0, 0.1) is 6.08 Å². The topological polar surface area (TPSA) is 25.8 Å². The molecule has 0 unspecified atom stereocenters. The third-order valence-corrected chi connectivity index (χ3v) is 2.54. The first-order valence-corrected chi connectivity index (χ1v) is 4.63. The number of fused-ring (bicyclic) bond motifs is 1. The molecule has 0 N–H and O–H groups in total. The van der Waals surface area contributed by atoms with E-state index < -0.39 is 6.08 Å². The van der Waals surface area contributed by atoms with E-state index in [9.17, 15) is 4.39 Å². The summed E-state index contributed by atoms with van der Waals surface area (Å²) in [6.45, 7) is 0. The summed E-state index contributed by atoms with van der Waals surface area (Å²) in [6, 6.07) is 5.24. The minimum atomic E-state index is -0.810. The van der Waals surface area contributed by atoms with Crippen molar-refractivity contribution in [1.29, 1.82) is 0 Å². The summed E-state index contributed by atoms with van der Waals surface area (Å²) >= 11 is 9.03. The van der Waals surface area contributed by atoms with E-state index in [1.807, 2.05) is 0 Å². The number of hydrogen-bond acceptors (Lipinski definition) is 2. The van der Waals surface area contributed by atoms with E-state index in [1.165, 1.54) is 0 Å². The Morgan fingerprint density at radius 2 is 2.08 bits per heavy atom. The molecule has 5 heteroatoms. The smallest absolute Gasteiger partial charge is 0.202 e. The maximum absolute atomic E-state index is 12.7. The van der Waals surface area contributed by atoms with Gasteiger partial charge in [0.2, 0.25) is 0 Å². The van der Waals surface area contributed by atoms with Gasteiger partial charge in [0.05, 0.1) is 10.9 Å². The highest BCUT2D eigenvalue weighted by Crippen LogP contribution is 2.27. The van der Waals surface area contributed by atoms with Gasteiger partial charge in [0.15, 0.2) is 0 Å². The number of hydrogen-bond donors (Lipinski definition) is 0. The monoisotopic (exact) mass is 260 g/mol. The second-order valence-corrected chi connectivity index (χ2v) is 3.63. The van der Waals surface area contributed by atoms with Crippen molar-refractivity contribution in [3.63, 3.8) is 0 Å². The Bertz CT molecular complexity index is 475. The first-order valence-electron chi connectivity index (χ1n) is 3.46. The number of halogens is 3. The number of aromatic nitrogens is 2. The van der Waals surface area contributed by atoms with E-state index in [2.05, 4.69) is 25.9 Å². The molecule has 0 bridgehead atoms. The van der Waals surface area contributed by atoms with Gasteiger partial charge in [-0.3, -0.25) is 0 Å². The normalized spacial score (nSPS) is 10.7. The third-order valence-electron chi connectivity index (χ3n) is 1.60. The molecule has 0 aliphatic carbocycles. The van der Waals surface area contributed by atoms with Gasteiger partial charge in [0, 0.05) is 4.47 Å². The lowest BCUT2D eigenvalue weighted by Gasteiger charge is -2.00. The number of benzene rings is 1.